The Kier molecular flexibility index (Phi) is 7.99. The average molecular weight is 472 g/mol. The first-order valence-electron chi connectivity index (χ1n) is 9.81. The van der Waals surface area contributed by atoms with Crippen LogP contribution in [-0.4, -0.2) is 20.2 Å². The van der Waals surface area contributed by atoms with Gasteiger partial charge in [-0.05, 0) is 41.8 Å². The van der Waals surface area contributed by atoms with Gasteiger partial charge < -0.3 is 0 Å². The molecule has 0 atom stereocenters. The van der Waals surface area contributed by atoms with Crippen molar-refractivity contribution in [2.45, 2.75) is 24.3 Å². The van der Waals surface area contributed by atoms with Crippen molar-refractivity contribution in [3.05, 3.63) is 101 Å². The highest BCUT2D eigenvalue weighted by molar-refractivity contribution is 7.89. The maximum absolute atomic E-state index is 12.6. The van der Waals surface area contributed by atoms with Crippen molar-refractivity contribution in [3.8, 4) is 0 Å². The predicted octanol–water partition coefficient (Wildman–Crippen LogP) is 3.21. The van der Waals surface area contributed by atoms with Gasteiger partial charge in [0.15, 0.2) is 0 Å². The van der Waals surface area contributed by atoms with Crippen LogP contribution in [0, 0.1) is 0 Å². The summed E-state index contributed by atoms with van der Waals surface area (Å²) in [5.74, 6) is -1.03. The van der Waals surface area contributed by atoms with Gasteiger partial charge in [-0.2, -0.15) is 0 Å². The van der Waals surface area contributed by atoms with E-state index in [-0.39, 0.29) is 23.4 Å². The van der Waals surface area contributed by atoms with Crippen LogP contribution in [0.2, 0.25) is 5.02 Å². The molecule has 2 amide bonds. The van der Waals surface area contributed by atoms with Crippen molar-refractivity contribution < 1.29 is 18.0 Å². The summed E-state index contributed by atoms with van der Waals surface area (Å²) in [6.07, 6.45) is 0.546. The van der Waals surface area contributed by atoms with E-state index in [0.29, 0.717) is 11.4 Å². The fourth-order valence-electron chi connectivity index (χ4n) is 2.87. The molecule has 3 aromatic rings. The van der Waals surface area contributed by atoms with Crippen molar-refractivity contribution in [1.82, 2.24) is 15.6 Å². The fraction of sp³-hybridized carbons (Fsp3) is 0.130. The van der Waals surface area contributed by atoms with Crippen molar-refractivity contribution in [1.29, 1.82) is 0 Å². The van der Waals surface area contributed by atoms with E-state index in [0.717, 1.165) is 11.1 Å². The molecule has 166 valence electrons. The second-order valence-electron chi connectivity index (χ2n) is 6.93. The lowest BCUT2D eigenvalue weighted by Crippen LogP contribution is -2.41. The number of sulfonamides is 1. The quantitative estimate of drug-likeness (QED) is 0.439. The number of hydrazine groups is 1. The predicted molar refractivity (Wildman–Crippen MR) is 122 cm³/mol. The van der Waals surface area contributed by atoms with Gasteiger partial charge in [0.05, 0.1) is 4.90 Å². The van der Waals surface area contributed by atoms with Crippen LogP contribution in [0.5, 0.6) is 0 Å². The fourth-order valence-corrected chi connectivity index (χ4v) is 4.17. The molecule has 0 bridgehead atoms. The molecule has 0 unspecified atom stereocenters. The van der Waals surface area contributed by atoms with Crippen LogP contribution in [0.15, 0.2) is 83.8 Å². The van der Waals surface area contributed by atoms with Gasteiger partial charge in [0, 0.05) is 23.6 Å². The molecular weight excluding hydrogens is 450 g/mol. The van der Waals surface area contributed by atoms with Gasteiger partial charge in [0.25, 0.3) is 5.91 Å². The lowest BCUT2D eigenvalue weighted by atomic mass is 10.1. The van der Waals surface area contributed by atoms with Gasteiger partial charge in [0.2, 0.25) is 15.9 Å². The van der Waals surface area contributed by atoms with Gasteiger partial charge in [0.1, 0.15) is 0 Å². The molecule has 0 aliphatic heterocycles. The van der Waals surface area contributed by atoms with E-state index in [2.05, 4.69) is 15.6 Å². The monoisotopic (exact) mass is 471 g/mol. The molecule has 32 heavy (non-hydrogen) atoms. The molecule has 9 heteroatoms. The molecule has 3 N–H and O–H groups in total. The molecule has 0 aliphatic carbocycles. The Morgan fingerprint density at radius 3 is 2.31 bits per heavy atom. The maximum Gasteiger partial charge on any atom is 0.269 e. The second kappa shape index (κ2) is 10.9. The SMILES string of the molecule is O=C(CCc1ccccc1Cl)NNC(=O)c1cccc(S(=O)(=O)NCc2ccccc2)c1. The molecule has 0 aromatic heterocycles. The maximum atomic E-state index is 12.6. The summed E-state index contributed by atoms with van der Waals surface area (Å²) in [6, 6.07) is 21.9. The van der Waals surface area contributed by atoms with Crippen molar-refractivity contribution in [3.63, 3.8) is 0 Å². The Labute approximate surface area is 191 Å². The molecule has 0 spiro atoms. The van der Waals surface area contributed by atoms with Crippen LogP contribution in [0.4, 0.5) is 0 Å². The summed E-state index contributed by atoms with van der Waals surface area (Å²) in [6.45, 7) is 0.126. The van der Waals surface area contributed by atoms with Crippen LogP contribution in [0.1, 0.15) is 27.9 Å². The number of aryl methyl sites for hydroxylation is 1. The Morgan fingerprint density at radius 1 is 0.844 bits per heavy atom. The number of rotatable bonds is 8. The first-order chi connectivity index (χ1) is 15.3. The lowest BCUT2D eigenvalue weighted by molar-refractivity contribution is -0.121. The van der Waals surface area contributed by atoms with E-state index in [1.807, 2.05) is 30.3 Å². The summed E-state index contributed by atoms with van der Waals surface area (Å²) < 4.78 is 27.6. The van der Waals surface area contributed by atoms with Gasteiger partial charge in [-0.15, -0.1) is 0 Å². The number of carbonyl (C=O) groups is 2. The van der Waals surface area contributed by atoms with Crippen LogP contribution in [-0.2, 0) is 27.8 Å². The molecule has 3 rings (SSSR count). The minimum Gasteiger partial charge on any atom is -0.273 e. The Hall–Kier alpha value is -3.20. The smallest absolute Gasteiger partial charge is 0.269 e. The Bertz CT molecular complexity index is 1200. The van der Waals surface area contributed by atoms with E-state index in [9.17, 15) is 18.0 Å². The number of hydrogen-bond donors (Lipinski definition) is 3. The van der Waals surface area contributed by atoms with Crippen LogP contribution >= 0.6 is 11.6 Å². The first-order valence-corrected chi connectivity index (χ1v) is 11.7. The summed E-state index contributed by atoms with van der Waals surface area (Å²) in [7, 11) is -3.82. The van der Waals surface area contributed by atoms with E-state index in [1.54, 1.807) is 24.3 Å². The third kappa shape index (κ3) is 6.65. The normalized spacial score (nSPS) is 11.0. The van der Waals surface area contributed by atoms with E-state index >= 15 is 0 Å². The zero-order valence-electron chi connectivity index (χ0n) is 17.0. The molecular formula is C23H22ClN3O4S. The number of amides is 2. The molecule has 0 saturated heterocycles. The molecule has 7 nitrogen and oxygen atoms in total. The largest absolute Gasteiger partial charge is 0.273 e. The molecule has 0 heterocycles. The van der Waals surface area contributed by atoms with Crippen molar-refractivity contribution >= 4 is 33.4 Å². The minimum atomic E-state index is -3.82. The number of nitrogens with one attached hydrogen (secondary N) is 3. The van der Waals surface area contributed by atoms with Crippen LogP contribution in [0.25, 0.3) is 0 Å². The first kappa shape index (κ1) is 23.5. The zero-order chi connectivity index (χ0) is 23.0. The van der Waals surface area contributed by atoms with E-state index in [4.69, 9.17) is 11.6 Å². The van der Waals surface area contributed by atoms with Crippen molar-refractivity contribution in [2.75, 3.05) is 0 Å². The molecule has 0 radical (unpaired) electrons. The minimum absolute atomic E-state index is 0.0499. The Balaban J connectivity index is 1.55. The third-order valence-corrected chi connectivity index (χ3v) is 6.38. The lowest BCUT2D eigenvalue weighted by Gasteiger charge is -2.10. The second-order valence-corrected chi connectivity index (χ2v) is 9.11. The Morgan fingerprint density at radius 2 is 1.56 bits per heavy atom. The average Bonchev–Trinajstić information content (AvgIpc) is 2.81. The van der Waals surface area contributed by atoms with Crippen LogP contribution in [0.3, 0.4) is 0 Å². The third-order valence-electron chi connectivity index (χ3n) is 4.61. The highest BCUT2D eigenvalue weighted by atomic mass is 35.5. The standard InChI is InChI=1S/C23H22ClN3O4S/c24-21-12-5-4-9-18(21)13-14-22(28)26-27-23(29)19-10-6-11-20(15-19)32(30,31)25-16-17-7-2-1-3-8-17/h1-12,15,25H,13-14,16H2,(H,26,28)(H,27,29). The number of carbonyl (C=O) groups excluding carboxylic acids is 2. The number of hydrogen-bond acceptors (Lipinski definition) is 4. The summed E-state index contributed by atoms with van der Waals surface area (Å²) >= 11 is 6.07. The zero-order valence-corrected chi connectivity index (χ0v) is 18.6. The van der Waals surface area contributed by atoms with Crippen molar-refractivity contribution in [2.24, 2.45) is 0 Å². The molecule has 0 aliphatic rings. The summed E-state index contributed by atoms with van der Waals surface area (Å²) in [5, 5.41) is 0.572. The number of halogens is 1. The van der Waals surface area contributed by atoms with E-state index in [1.165, 1.54) is 24.3 Å². The topological polar surface area (TPSA) is 104 Å². The van der Waals surface area contributed by atoms with Gasteiger partial charge >= 0.3 is 0 Å². The van der Waals surface area contributed by atoms with Crippen LogP contribution < -0.4 is 15.6 Å². The highest BCUT2D eigenvalue weighted by Gasteiger charge is 2.16. The summed E-state index contributed by atoms with van der Waals surface area (Å²) in [5.41, 5.74) is 6.36. The van der Waals surface area contributed by atoms with Gasteiger partial charge in [-0.1, -0.05) is 66.2 Å². The summed E-state index contributed by atoms with van der Waals surface area (Å²) in [4.78, 5) is 24.4. The van der Waals surface area contributed by atoms with Gasteiger partial charge in [-0.3, -0.25) is 20.4 Å². The van der Waals surface area contributed by atoms with Gasteiger partial charge in [-0.25, -0.2) is 13.1 Å². The molecule has 3 aromatic carbocycles. The molecule has 0 saturated carbocycles. The van der Waals surface area contributed by atoms with E-state index < -0.39 is 21.8 Å². The number of benzene rings is 3. The highest BCUT2D eigenvalue weighted by Crippen LogP contribution is 2.16. The molecule has 0 fully saturated rings.